The van der Waals surface area contributed by atoms with Crippen molar-refractivity contribution in [2.24, 2.45) is 0 Å². The van der Waals surface area contributed by atoms with Crippen LogP contribution in [-0.4, -0.2) is 39.7 Å². The fourth-order valence-corrected chi connectivity index (χ4v) is 6.12. The Kier molecular flexibility index (Phi) is 5.29. The number of likely N-dealkylation sites (tertiary alicyclic amines) is 1. The number of halogens is 1. The van der Waals surface area contributed by atoms with Crippen molar-refractivity contribution in [2.45, 2.75) is 63.6 Å². The van der Waals surface area contributed by atoms with Crippen LogP contribution in [0.5, 0.6) is 0 Å². The molecule has 1 aromatic heterocycles. The van der Waals surface area contributed by atoms with Crippen LogP contribution in [0.1, 0.15) is 50.2 Å². The number of aromatic nitrogens is 2. The summed E-state index contributed by atoms with van der Waals surface area (Å²) < 4.78 is 17.1. The number of carbonyl (C=O) groups is 1. The number of anilines is 1. The van der Waals surface area contributed by atoms with E-state index in [0.29, 0.717) is 11.6 Å². The lowest BCUT2D eigenvalue weighted by molar-refractivity contribution is -0.130. The second-order valence-electron chi connectivity index (χ2n) is 10.1. The molecule has 1 amide bonds. The number of carbonyl (C=O) groups excluding carboxylic acids is 1. The molecule has 2 aromatic carbocycles. The minimum absolute atomic E-state index is 0.118. The number of rotatable bonds is 6. The maximum Gasteiger partial charge on any atom is 0.240 e. The largest absolute Gasteiger partial charge is 0.307 e. The Hall–Kier alpha value is -2.99. The number of benzene rings is 2. The molecule has 0 atom stereocenters. The molecular formula is C28H31FN4O. The molecule has 3 aromatic rings. The van der Waals surface area contributed by atoms with Crippen molar-refractivity contribution in [2.75, 3.05) is 18.0 Å². The molecule has 0 bridgehead atoms. The van der Waals surface area contributed by atoms with E-state index in [4.69, 9.17) is 0 Å². The van der Waals surface area contributed by atoms with Gasteiger partial charge in [-0.25, -0.2) is 4.39 Å². The molecule has 1 aliphatic carbocycles. The summed E-state index contributed by atoms with van der Waals surface area (Å²) in [6.07, 6.45) is 9.79. The maximum atomic E-state index is 15.2. The predicted octanol–water partition coefficient (Wildman–Crippen LogP) is 5.14. The molecule has 1 saturated carbocycles. The predicted molar refractivity (Wildman–Crippen MR) is 131 cm³/mol. The van der Waals surface area contributed by atoms with Crippen molar-refractivity contribution in [1.29, 1.82) is 0 Å². The van der Waals surface area contributed by atoms with Crippen LogP contribution in [0, 0.1) is 5.82 Å². The van der Waals surface area contributed by atoms with Gasteiger partial charge in [0.2, 0.25) is 5.91 Å². The Morgan fingerprint density at radius 2 is 1.88 bits per heavy atom. The smallest absolute Gasteiger partial charge is 0.240 e. The summed E-state index contributed by atoms with van der Waals surface area (Å²) in [5.41, 5.74) is 3.82. The topological polar surface area (TPSA) is 41.4 Å². The van der Waals surface area contributed by atoms with Crippen LogP contribution >= 0.6 is 0 Å². The van der Waals surface area contributed by atoms with Crippen LogP contribution in [-0.2, 0) is 23.3 Å². The van der Waals surface area contributed by atoms with E-state index < -0.39 is 5.41 Å². The van der Waals surface area contributed by atoms with Gasteiger partial charge in [0.15, 0.2) is 0 Å². The zero-order valence-corrected chi connectivity index (χ0v) is 19.7. The van der Waals surface area contributed by atoms with Crippen molar-refractivity contribution in [1.82, 2.24) is 14.7 Å². The van der Waals surface area contributed by atoms with E-state index in [0.717, 1.165) is 48.4 Å². The third-order valence-corrected chi connectivity index (χ3v) is 7.95. The third kappa shape index (κ3) is 3.38. The summed E-state index contributed by atoms with van der Waals surface area (Å²) in [5, 5.41) is 4.36. The first-order valence-electron chi connectivity index (χ1n) is 12.6. The number of amides is 1. The van der Waals surface area contributed by atoms with Gasteiger partial charge in [0, 0.05) is 48.7 Å². The van der Waals surface area contributed by atoms with Crippen LogP contribution < -0.4 is 4.90 Å². The van der Waals surface area contributed by atoms with Crippen LogP contribution in [0.3, 0.4) is 0 Å². The van der Waals surface area contributed by atoms with E-state index in [9.17, 15) is 4.79 Å². The highest BCUT2D eigenvalue weighted by Gasteiger charge is 2.58. The fraction of sp³-hybridized carbons (Fsp3) is 0.429. The molecule has 1 spiro atoms. The van der Waals surface area contributed by atoms with Gasteiger partial charge in [-0.3, -0.25) is 14.4 Å². The molecule has 3 aliphatic rings. The van der Waals surface area contributed by atoms with Gasteiger partial charge in [0.25, 0.3) is 0 Å². The zero-order valence-electron chi connectivity index (χ0n) is 19.7. The van der Waals surface area contributed by atoms with Crippen molar-refractivity contribution in [3.05, 3.63) is 71.8 Å². The number of nitrogens with zero attached hydrogens (tertiary/aromatic N) is 4. The van der Waals surface area contributed by atoms with Crippen LogP contribution in [0.15, 0.2) is 54.9 Å². The summed E-state index contributed by atoms with van der Waals surface area (Å²) in [7, 11) is 0. The van der Waals surface area contributed by atoms with Crippen molar-refractivity contribution in [3.63, 3.8) is 0 Å². The minimum atomic E-state index is -0.469. The highest BCUT2D eigenvalue weighted by atomic mass is 19.1. The number of hydrogen-bond acceptors (Lipinski definition) is 3. The average molecular weight is 459 g/mol. The normalized spacial score (nSPS) is 19.7. The molecule has 0 radical (unpaired) electrons. The van der Waals surface area contributed by atoms with Crippen molar-refractivity contribution in [3.8, 4) is 11.1 Å². The molecule has 2 fully saturated rings. The van der Waals surface area contributed by atoms with E-state index in [-0.39, 0.29) is 18.3 Å². The molecule has 6 heteroatoms. The summed E-state index contributed by atoms with van der Waals surface area (Å²) in [4.78, 5) is 18.1. The summed E-state index contributed by atoms with van der Waals surface area (Å²) in [6.45, 7) is 4.77. The second kappa shape index (κ2) is 8.35. The zero-order chi connectivity index (χ0) is 23.3. The van der Waals surface area contributed by atoms with Crippen LogP contribution in [0.2, 0.25) is 0 Å². The number of hydrogen-bond donors (Lipinski definition) is 0. The Morgan fingerprint density at radius 3 is 2.65 bits per heavy atom. The van der Waals surface area contributed by atoms with Gasteiger partial charge in [-0.1, -0.05) is 50.1 Å². The SMILES string of the molecule is CCCn1cc(-c2ccc(CN3C(=O)C4(CN(C5CCCC5)C4)c4ccccc43)c(F)c2)cn1. The van der Waals surface area contributed by atoms with Gasteiger partial charge in [-0.15, -0.1) is 0 Å². The molecule has 5 nitrogen and oxygen atoms in total. The third-order valence-electron chi connectivity index (χ3n) is 7.95. The summed E-state index contributed by atoms with van der Waals surface area (Å²) in [6, 6.07) is 14.0. The molecule has 0 N–H and O–H groups in total. The van der Waals surface area contributed by atoms with Crippen molar-refractivity contribution < 1.29 is 9.18 Å². The average Bonchev–Trinajstić information content (AvgIpc) is 3.55. The summed E-state index contributed by atoms with van der Waals surface area (Å²) in [5.74, 6) is -0.166. The first-order chi connectivity index (χ1) is 16.6. The van der Waals surface area contributed by atoms with Gasteiger partial charge in [0.05, 0.1) is 12.7 Å². The first kappa shape index (κ1) is 21.5. The summed E-state index contributed by atoms with van der Waals surface area (Å²) >= 11 is 0. The molecule has 0 unspecified atom stereocenters. The van der Waals surface area contributed by atoms with E-state index in [1.54, 1.807) is 17.2 Å². The molecule has 3 heterocycles. The Balaban J connectivity index is 1.24. The highest BCUT2D eigenvalue weighted by molar-refractivity contribution is 6.09. The lowest BCUT2D eigenvalue weighted by Crippen LogP contribution is -2.65. The molecule has 1 saturated heterocycles. The monoisotopic (exact) mass is 458 g/mol. The number of fused-ring (bicyclic) bond motifs is 2. The van der Waals surface area contributed by atoms with Crippen LogP contribution in [0.4, 0.5) is 10.1 Å². The molecular weight excluding hydrogens is 427 g/mol. The number of para-hydroxylation sites is 1. The lowest BCUT2D eigenvalue weighted by Gasteiger charge is -2.50. The Labute approximate surface area is 200 Å². The quantitative estimate of drug-likeness (QED) is 0.514. The van der Waals surface area contributed by atoms with Crippen LogP contribution in [0.25, 0.3) is 11.1 Å². The minimum Gasteiger partial charge on any atom is -0.307 e. The lowest BCUT2D eigenvalue weighted by atomic mass is 9.73. The van der Waals surface area contributed by atoms with Gasteiger partial charge in [-0.2, -0.15) is 5.10 Å². The van der Waals surface area contributed by atoms with E-state index in [1.807, 2.05) is 41.2 Å². The Morgan fingerprint density at radius 1 is 1.09 bits per heavy atom. The van der Waals surface area contributed by atoms with Gasteiger partial charge in [-0.05, 0) is 42.5 Å². The molecule has 2 aliphatic heterocycles. The Bertz CT molecular complexity index is 1220. The molecule has 176 valence electrons. The van der Waals surface area contributed by atoms with E-state index in [1.165, 1.54) is 25.7 Å². The van der Waals surface area contributed by atoms with E-state index in [2.05, 4.69) is 23.0 Å². The standard InChI is InChI=1S/C28H31FN4O/c1-2-13-32-16-22(15-30-32)20-11-12-21(25(29)14-20)17-33-26-10-6-5-9-24(26)28(27(33)34)18-31(19-28)23-7-3-4-8-23/h5-6,9-12,14-16,23H,2-4,7-8,13,17-19H2,1H3. The second-order valence-corrected chi connectivity index (χ2v) is 10.1. The van der Waals surface area contributed by atoms with Gasteiger partial charge >= 0.3 is 0 Å². The molecule has 34 heavy (non-hydrogen) atoms. The fourth-order valence-electron chi connectivity index (χ4n) is 6.12. The van der Waals surface area contributed by atoms with Gasteiger partial charge in [0.1, 0.15) is 11.2 Å². The van der Waals surface area contributed by atoms with Gasteiger partial charge < -0.3 is 4.90 Å². The number of aryl methyl sites for hydroxylation is 1. The van der Waals surface area contributed by atoms with E-state index >= 15 is 4.39 Å². The first-order valence-corrected chi connectivity index (χ1v) is 12.6. The highest BCUT2D eigenvalue weighted by Crippen LogP contribution is 2.49. The van der Waals surface area contributed by atoms with Crippen molar-refractivity contribution >= 4 is 11.6 Å². The maximum absolute atomic E-state index is 15.2. The molecule has 6 rings (SSSR count).